The van der Waals surface area contributed by atoms with E-state index in [0.717, 1.165) is 5.56 Å². The standard InChI is InChI=1S/C16H9F3N2/c17-11-6-14(18)16(15(19)7-11)13-9-21-20-8-12(13)10-4-2-1-3-5-10/h1-9H. The summed E-state index contributed by atoms with van der Waals surface area (Å²) in [4.78, 5) is 0. The zero-order valence-corrected chi connectivity index (χ0v) is 10.7. The molecule has 0 spiro atoms. The van der Waals surface area contributed by atoms with E-state index in [1.165, 1.54) is 12.4 Å². The molecule has 0 aliphatic carbocycles. The van der Waals surface area contributed by atoms with Crippen molar-refractivity contribution in [2.45, 2.75) is 0 Å². The van der Waals surface area contributed by atoms with Crippen LogP contribution in [0.1, 0.15) is 0 Å². The van der Waals surface area contributed by atoms with Crippen molar-refractivity contribution in [3.05, 3.63) is 72.3 Å². The molecule has 1 heterocycles. The first kappa shape index (κ1) is 13.3. The molecule has 0 saturated carbocycles. The summed E-state index contributed by atoms with van der Waals surface area (Å²) in [5, 5.41) is 7.43. The summed E-state index contributed by atoms with van der Waals surface area (Å²) in [7, 11) is 0. The van der Waals surface area contributed by atoms with E-state index in [-0.39, 0.29) is 11.1 Å². The van der Waals surface area contributed by atoms with E-state index in [4.69, 9.17) is 0 Å². The largest absolute Gasteiger partial charge is 0.207 e. The van der Waals surface area contributed by atoms with Crippen molar-refractivity contribution in [2.75, 3.05) is 0 Å². The van der Waals surface area contributed by atoms with Crippen molar-refractivity contribution in [1.29, 1.82) is 0 Å². The van der Waals surface area contributed by atoms with Crippen molar-refractivity contribution in [3.8, 4) is 22.3 Å². The summed E-state index contributed by atoms with van der Waals surface area (Å²) in [6.07, 6.45) is 2.69. The highest BCUT2D eigenvalue weighted by Crippen LogP contribution is 2.34. The van der Waals surface area contributed by atoms with Crippen LogP contribution in [0.15, 0.2) is 54.9 Å². The molecule has 2 aromatic carbocycles. The number of aromatic nitrogens is 2. The Kier molecular flexibility index (Phi) is 3.39. The fourth-order valence-corrected chi connectivity index (χ4v) is 2.17. The Morgan fingerprint density at radius 3 is 1.90 bits per heavy atom. The summed E-state index contributed by atoms with van der Waals surface area (Å²) >= 11 is 0. The molecule has 0 N–H and O–H groups in total. The smallest absolute Gasteiger partial charge is 0.136 e. The fourth-order valence-electron chi connectivity index (χ4n) is 2.17. The fraction of sp³-hybridized carbons (Fsp3) is 0. The molecule has 104 valence electrons. The molecule has 21 heavy (non-hydrogen) atoms. The van der Waals surface area contributed by atoms with Gasteiger partial charge in [0.15, 0.2) is 0 Å². The SMILES string of the molecule is Fc1cc(F)c(-c2cnncc2-c2ccccc2)c(F)c1. The predicted octanol–water partition coefficient (Wildman–Crippen LogP) is 4.23. The normalized spacial score (nSPS) is 10.6. The molecule has 2 nitrogen and oxygen atoms in total. The van der Waals surface area contributed by atoms with Crippen LogP contribution in [0.3, 0.4) is 0 Å². The minimum atomic E-state index is -0.974. The number of hydrogen-bond acceptors (Lipinski definition) is 2. The molecular weight excluding hydrogens is 277 g/mol. The highest BCUT2D eigenvalue weighted by atomic mass is 19.1. The van der Waals surface area contributed by atoms with Crippen LogP contribution in [-0.4, -0.2) is 10.2 Å². The maximum Gasteiger partial charge on any atom is 0.136 e. The molecule has 3 rings (SSSR count). The third kappa shape index (κ3) is 2.50. The number of nitrogens with zero attached hydrogens (tertiary/aromatic N) is 2. The third-order valence-corrected chi connectivity index (χ3v) is 3.09. The van der Waals surface area contributed by atoms with E-state index in [1.807, 2.05) is 6.07 Å². The summed E-state index contributed by atoms with van der Waals surface area (Å²) < 4.78 is 41.0. The van der Waals surface area contributed by atoms with Gasteiger partial charge in [0.1, 0.15) is 17.5 Å². The van der Waals surface area contributed by atoms with E-state index >= 15 is 0 Å². The molecule has 0 amide bonds. The highest BCUT2D eigenvalue weighted by molar-refractivity contribution is 5.82. The molecule has 3 aromatic rings. The van der Waals surface area contributed by atoms with Crippen LogP contribution in [0.5, 0.6) is 0 Å². The highest BCUT2D eigenvalue weighted by Gasteiger charge is 2.17. The minimum Gasteiger partial charge on any atom is -0.207 e. The Morgan fingerprint density at radius 2 is 1.29 bits per heavy atom. The lowest BCUT2D eigenvalue weighted by molar-refractivity contribution is 0.548. The van der Waals surface area contributed by atoms with Gasteiger partial charge in [-0.25, -0.2) is 13.2 Å². The lowest BCUT2D eigenvalue weighted by Gasteiger charge is -2.10. The summed E-state index contributed by atoms with van der Waals surface area (Å²) in [6.45, 7) is 0. The van der Waals surface area contributed by atoms with Crippen LogP contribution in [-0.2, 0) is 0 Å². The van der Waals surface area contributed by atoms with Crippen molar-refractivity contribution in [2.24, 2.45) is 0 Å². The van der Waals surface area contributed by atoms with E-state index in [2.05, 4.69) is 10.2 Å². The maximum atomic E-state index is 14.0. The van der Waals surface area contributed by atoms with E-state index in [1.54, 1.807) is 24.3 Å². The maximum absolute atomic E-state index is 14.0. The van der Waals surface area contributed by atoms with Crippen molar-refractivity contribution in [1.82, 2.24) is 10.2 Å². The van der Waals surface area contributed by atoms with E-state index in [0.29, 0.717) is 17.7 Å². The Bertz CT molecular complexity index is 766. The van der Waals surface area contributed by atoms with Gasteiger partial charge in [-0.05, 0) is 5.56 Å². The second-order valence-electron chi connectivity index (χ2n) is 4.43. The quantitative estimate of drug-likeness (QED) is 0.704. The number of halogens is 3. The van der Waals surface area contributed by atoms with Gasteiger partial charge in [-0.1, -0.05) is 30.3 Å². The molecular formula is C16H9F3N2. The van der Waals surface area contributed by atoms with Gasteiger partial charge in [-0.2, -0.15) is 10.2 Å². The van der Waals surface area contributed by atoms with Crippen LogP contribution < -0.4 is 0 Å². The van der Waals surface area contributed by atoms with E-state index in [9.17, 15) is 13.2 Å². The Morgan fingerprint density at radius 1 is 0.714 bits per heavy atom. The lowest BCUT2D eigenvalue weighted by atomic mass is 9.97. The summed E-state index contributed by atoms with van der Waals surface area (Å²) in [5.74, 6) is -2.91. The van der Waals surface area contributed by atoms with Gasteiger partial charge in [0.2, 0.25) is 0 Å². The Hall–Kier alpha value is -2.69. The van der Waals surface area contributed by atoms with Gasteiger partial charge < -0.3 is 0 Å². The molecule has 0 bridgehead atoms. The molecule has 5 heteroatoms. The van der Waals surface area contributed by atoms with Crippen molar-refractivity contribution in [3.63, 3.8) is 0 Å². The second kappa shape index (κ2) is 5.36. The monoisotopic (exact) mass is 286 g/mol. The van der Waals surface area contributed by atoms with Gasteiger partial charge in [-0.15, -0.1) is 0 Å². The molecule has 0 saturated heterocycles. The van der Waals surface area contributed by atoms with Crippen molar-refractivity contribution < 1.29 is 13.2 Å². The topological polar surface area (TPSA) is 25.8 Å². The zero-order chi connectivity index (χ0) is 14.8. The molecule has 1 aromatic heterocycles. The van der Waals surface area contributed by atoms with Crippen LogP contribution >= 0.6 is 0 Å². The molecule has 0 radical (unpaired) electrons. The first-order valence-electron chi connectivity index (χ1n) is 6.18. The van der Waals surface area contributed by atoms with Crippen LogP contribution in [0.25, 0.3) is 22.3 Å². The van der Waals surface area contributed by atoms with E-state index < -0.39 is 17.5 Å². The van der Waals surface area contributed by atoms with Crippen LogP contribution in [0.4, 0.5) is 13.2 Å². The number of hydrogen-bond donors (Lipinski definition) is 0. The van der Waals surface area contributed by atoms with Gasteiger partial charge in [0, 0.05) is 23.3 Å². The average molecular weight is 286 g/mol. The predicted molar refractivity (Wildman–Crippen MR) is 72.8 cm³/mol. The summed E-state index contributed by atoms with van der Waals surface area (Å²) in [6, 6.07) is 10.3. The Balaban J connectivity index is 2.26. The van der Waals surface area contributed by atoms with Crippen LogP contribution in [0.2, 0.25) is 0 Å². The first-order chi connectivity index (χ1) is 10.2. The molecule has 0 atom stereocenters. The average Bonchev–Trinajstić information content (AvgIpc) is 2.48. The first-order valence-corrected chi connectivity index (χ1v) is 6.18. The lowest BCUT2D eigenvalue weighted by Crippen LogP contribution is -1.96. The Labute approximate surface area is 118 Å². The summed E-state index contributed by atoms with van der Waals surface area (Å²) in [5.41, 5.74) is 1.18. The third-order valence-electron chi connectivity index (χ3n) is 3.09. The van der Waals surface area contributed by atoms with Gasteiger partial charge in [0.05, 0.1) is 18.0 Å². The van der Waals surface area contributed by atoms with Crippen LogP contribution in [0, 0.1) is 17.5 Å². The van der Waals surface area contributed by atoms with Gasteiger partial charge in [-0.3, -0.25) is 0 Å². The molecule has 0 fully saturated rings. The molecule has 0 aliphatic rings. The number of rotatable bonds is 2. The zero-order valence-electron chi connectivity index (χ0n) is 10.7. The van der Waals surface area contributed by atoms with Gasteiger partial charge in [0.25, 0.3) is 0 Å². The number of benzene rings is 2. The second-order valence-corrected chi connectivity index (χ2v) is 4.43. The van der Waals surface area contributed by atoms with Crippen molar-refractivity contribution >= 4 is 0 Å². The molecule has 0 aliphatic heterocycles. The van der Waals surface area contributed by atoms with Gasteiger partial charge >= 0.3 is 0 Å². The molecule has 0 unspecified atom stereocenters. The minimum absolute atomic E-state index is 0.228.